The SMILES string of the molecule is CCCCCOC1CC(C(C)C)CCC1NC. The van der Waals surface area contributed by atoms with Gasteiger partial charge < -0.3 is 10.1 Å². The van der Waals surface area contributed by atoms with Gasteiger partial charge in [-0.3, -0.25) is 0 Å². The summed E-state index contributed by atoms with van der Waals surface area (Å²) < 4.78 is 6.11. The van der Waals surface area contributed by atoms with Crippen LogP contribution in [-0.2, 0) is 4.74 Å². The monoisotopic (exact) mass is 241 g/mol. The maximum atomic E-state index is 6.11. The van der Waals surface area contributed by atoms with Crippen molar-refractivity contribution in [3.8, 4) is 0 Å². The van der Waals surface area contributed by atoms with Gasteiger partial charge in [0.1, 0.15) is 0 Å². The van der Waals surface area contributed by atoms with Crippen LogP contribution in [0.2, 0.25) is 0 Å². The maximum Gasteiger partial charge on any atom is 0.0730 e. The average molecular weight is 241 g/mol. The molecule has 2 heteroatoms. The second-order valence-corrected chi connectivity index (χ2v) is 5.83. The summed E-state index contributed by atoms with van der Waals surface area (Å²) in [6, 6.07) is 0.576. The molecule has 3 atom stereocenters. The van der Waals surface area contributed by atoms with Gasteiger partial charge in [-0.1, -0.05) is 33.6 Å². The Morgan fingerprint density at radius 1 is 1.24 bits per heavy atom. The van der Waals surface area contributed by atoms with Crippen LogP contribution in [0.5, 0.6) is 0 Å². The van der Waals surface area contributed by atoms with Gasteiger partial charge in [0.2, 0.25) is 0 Å². The van der Waals surface area contributed by atoms with Gasteiger partial charge in [0, 0.05) is 12.6 Å². The van der Waals surface area contributed by atoms with E-state index in [1.54, 1.807) is 0 Å². The number of rotatable bonds is 7. The molecule has 1 aliphatic carbocycles. The Kier molecular flexibility index (Phi) is 7.14. The second-order valence-electron chi connectivity index (χ2n) is 5.83. The first-order valence-electron chi connectivity index (χ1n) is 7.47. The molecule has 0 radical (unpaired) electrons. The first-order valence-corrected chi connectivity index (χ1v) is 7.47. The molecule has 1 aliphatic rings. The predicted molar refractivity (Wildman–Crippen MR) is 74.3 cm³/mol. The van der Waals surface area contributed by atoms with Crippen LogP contribution in [0.15, 0.2) is 0 Å². The van der Waals surface area contributed by atoms with Crippen molar-refractivity contribution in [2.24, 2.45) is 11.8 Å². The summed E-state index contributed by atoms with van der Waals surface area (Å²) >= 11 is 0. The predicted octanol–water partition coefficient (Wildman–Crippen LogP) is 3.61. The molecule has 3 unspecified atom stereocenters. The molecule has 1 rings (SSSR count). The molecule has 0 saturated heterocycles. The van der Waals surface area contributed by atoms with E-state index in [0.717, 1.165) is 18.4 Å². The molecule has 102 valence electrons. The highest BCUT2D eigenvalue weighted by molar-refractivity contribution is 4.86. The molecule has 0 spiro atoms. The molecule has 0 aromatic heterocycles. The largest absolute Gasteiger partial charge is 0.377 e. The zero-order valence-electron chi connectivity index (χ0n) is 12.2. The molecule has 0 aromatic rings. The normalized spacial score (nSPS) is 29.8. The van der Waals surface area contributed by atoms with Gasteiger partial charge >= 0.3 is 0 Å². The van der Waals surface area contributed by atoms with E-state index in [1.165, 1.54) is 38.5 Å². The Morgan fingerprint density at radius 3 is 2.59 bits per heavy atom. The molecule has 17 heavy (non-hydrogen) atoms. The summed E-state index contributed by atoms with van der Waals surface area (Å²) in [7, 11) is 2.07. The van der Waals surface area contributed by atoms with Gasteiger partial charge in [0.15, 0.2) is 0 Å². The van der Waals surface area contributed by atoms with Crippen LogP contribution in [0, 0.1) is 11.8 Å². The van der Waals surface area contributed by atoms with E-state index in [0.29, 0.717) is 12.1 Å². The van der Waals surface area contributed by atoms with Crippen molar-refractivity contribution >= 4 is 0 Å². The van der Waals surface area contributed by atoms with Crippen LogP contribution < -0.4 is 5.32 Å². The summed E-state index contributed by atoms with van der Waals surface area (Å²) in [6.07, 6.45) is 8.11. The van der Waals surface area contributed by atoms with Gasteiger partial charge in [-0.25, -0.2) is 0 Å². The van der Waals surface area contributed by atoms with Crippen LogP contribution in [-0.4, -0.2) is 25.8 Å². The van der Waals surface area contributed by atoms with Crippen LogP contribution in [0.25, 0.3) is 0 Å². The minimum atomic E-state index is 0.443. The highest BCUT2D eigenvalue weighted by Gasteiger charge is 2.31. The van der Waals surface area contributed by atoms with E-state index in [9.17, 15) is 0 Å². The van der Waals surface area contributed by atoms with Gasteiger partial charge in [0.05, 0.1) is 6.10 Å². The molecule has 1 fully saturated rings. The Bertz CT molecular complexity index is 193. The van der Waals surface area contributed by atoms with E-state index in [-0.39, 0.29) is 0 Å². The van der Waals surface area contributed by atoms with Gasteiger partial charge in [-0.05, 0) is 44.6 Å². The van der Waals surface area contributed by atoms with Crippen molar-refractivity contribution in [2.75, 3.05) is 13.7 Å². The highest BCUT2D eigenvalue weighted by atomic mass is 16.5. The van der Waals surface area contributed by atoms with E-state index < -0.39 is 0 Å². The smallest absolute Gasteiger partial charge is 0.0730 e. The molecule has 0 heterocycles. The number of hydrogen-bond acceptors (Lipinski definition) is 2. The molecule has 0 aromatic carbocycles. The summed E-state index contributed by atoms with van der Waals surface area (Å²) in [5.41, 5.74) is 0. The van der Waals surface area contributed by atoms with Crippen molar-refractivity contribution in [1.29, 1.82) is 0 Å². The highest BCUT2D eigenvalue weighted by Crippen LogP contribution is 2.31. The lowest BCUT2D eigenvalue weighted by molar-refractivity contribution is -0.0161. The summed E-state index contributed by atoms with van der Waals surface area (Å²) in [5.74, 6) is 1.66. The number of ether oxygens (including phenoxy) is 1. The maximum absolute atomic E-state index is 6.11. The number of hydrogen-bond donors (Lipinski definition) is 1. The third kappa shape index (κ3) is 4.97. The van der Waals surface area contributed by atoms with Crippen LogP contribution >= 0.6 is 0 Å². The van der Waals surface area contributed by atoms with Crippen molar-refractivity contribution in [1.82, 2.24) is 5.32 Å². The minimum Gasteiger partial charge on any atom is -0.377 e. The molecule has 1 saturated carbocycles. The van der Waals surface area contributed by atoms with Crippen molar-refractivity contribution in [3.05, 3.63) is 0 Å². The Labute approximate surface area is 108 Å². The average Bonchev–Trinajstić information content (AvgIpc) is 2.34. The Balaban J connectivity index is 2.34. The third-order valence-electron chi connectivity index (χ3n) is 4.23. The Morgan fingerprint density at radius 2 is 2.00 bits per heavy atom. The van der Waals surface area contributed by atoms with E-state index in [4.69, 9.17) is 4.74 Å². The van der Waals surface area contributed by atoms with E-state index in [2.05, 4.69) is 33.1 Å². The zero-order chi connectivity index (χ0) is 12.7. The lowest BCUT2D eigenvalue weighted by Crippen LogP contribution is -2.45. The fourth-order valence-electron chi connectivity index (χ4n) is 2.87. The van der Waals surface area contributed by atoms with Gasteiger partial charge in [-0.15, -0.1) is 0 Å². The first kappa shape index (κ1) is 15.0. The standard InChI is InChI=1S/C15H31NO/c1-5-6-7-10-17-15-11-13(12(2)3)8-9-14(15)16-4/h12-16H,5-11H2,1-4H3. The van der Waals surface area contributed by atoms with Gasteiger partial charge in [0.25, 0.3) is 0 Å². The van der Waals surface area contributed by atoms with Crippen molar-refractivity contribution in [3.63, 3.8) is 0 Å². The van der Waals surface area contributed by atoms with E-state index in [1.807, 2.05) is 0 Å². The molecule has 1 N–H and O–H groups in total. The lowest BCUT2D eigenvalue weighted by atomic mass is 9.78. The molecular weight excluding hydrogens is 210 g/mol. The molecule has 2 nitrogen and oxygen atoms in total. The summed E-state index contributed by atoms with van der Waals surface area (Å²) in [4.78, 5) is 0. The lowest BCUT2D eigenvalue weighted by Gasteiger charge is -2.37. The fourth-order valence-corrected chi connectivity index (χ4v) is 2.87. The number of likely N-dealkylation sites (N-methyl/N-ethyl adjacent to an activating group) is 1. The minimum absolute atomic E-state index is 0.443. The molecule has 0 bridgehead atoms. The number of nitrogens with one attached hydrogen (secondary N) is 1. The van der Waals surface area contributed by atoms with E-state index >= 15 is 0 Å². The van der Waals surface area contributed by atoms with Gasteiger partial charge in [-0.2, -0.15) is 0 Å². The fraction of sp³-hybridized carbons (Fsp3) is 1.00. The molecular formula is C15H31NO. The molecule has 0 aliphatic heterocycles. The van der Waals surface area contributed by atoms with Crippen LogP contribution in [0.4, 0.5) is 0 Å². The van der Waals surface area contributed by atoms with Crippen molar-refractivity contribution < 1.29 is 4.74 Å². The number of unbranched alkanes of at least 4 members (excludes halogenated alkanes) is 2. The summed E-state index contributed by atoms with van der Waals surface area (Å²) in [6.45, 7) is 7.88. The zero-order valence-corrected chi connectivity index (χ0v) is 12.2. The summed E-state index contributed by atoms with van der Waals surface area (Å²) in [5, 5.41) is 3.43. The van der Waals surface area contributed by atoms with Crippen molar-refractivity contribution in [2.45, 2.75) is 71.4 Å². The van der Waals surface area contributed by atoms with Crippen LogP contribution in [0.1, 0.15) is 59.3 Å². The quantitative estimate of drug-likeness (QED) is 0.688. The first-order chi connectivity index (χ1) is 8.19. The topological polar surface area (TPSA) is 21.3 Å². The second kappa shape index (κ2) is 8.10. The van der Waals surface area contributed by atoms with Crippen LogP contribution in [0.3, 0.4) is 0 Å². The Hall–Kier alpha value is -0.0800. The third-order valence-corrected chi connectivity index (χ3v) is 4.23. The molecule has 0 amide bonds.